The number of nitrogens with zero attached hydrogens (tertiary/aromatic N) is 1. The zero-order chi connectivity index (χ0) is 12.0. The standard InChI is InChI=1S/C13H20N2O.ClH/c1-4-15(5-2)13(16)12-8-6-11(7-9-12)10-14-3;/h6-9,14H,4-5,10H2,1-3H3;1H. The Kier molecular flexibility index (Phi) is 7.59. The Morgan fingerprint density at radius 3 is 2.12 bits per heavy atom. The lowest BCUT2D eigenvalue weighted by Crippen LogP contribution is -2.30. The van der Waals surface area contributed by atoms with Gasteiger partial charge in [-0.2, -0.15) is 0 Å². The Morgan fingerprint density at radius 1 is 1.18 bits per heavy atom. The van der Waals surface area contributed by atoms with Crippen LogP contribution in [0.3, 0.4) is 0 Å². The molecule has 0 unspecified atom stereocenters. The molecule has 4 heteroatoms. The molecule has 0 radical (unpaired) electrons. The topological polar surface area (TPSA) is 32.3 Å². The predicted molar refractivity (Wildman–Crippen MR) is 73.7 cm³/mol. The van der Waals surface area contributed by atoms with Crippen molar-refractivity contribution in [3.8, 4) is 0 Å². The van der Waals surface area contributed by atoms with Crippen LogP contribution >= 0.6 is 12.4 Å². The fourth-order valence-electron chi connectivity index (χ4n) is 1.66. The summed E-state index contributed by atoms with van der Waals surface area (Å²) < 4.78 is 0. The largest absolute Gasteiger partial charge is 0.339 e. The number of carbonyl (C=O) groups is 1. The van der Waals surface area contributed by atoms with Crippen LogP contribution in [0.2, 0.25) is 0 Å². The van der Waals surface area contributed by atoms with E-state index in [0.717, 1.165) is 25.2 Å². The number of amides is 1. The van der Waals surface area contributed by atoms with Crippen molar-refractivity contribution in [3.63, 3.8) is 0 Å². The molecule has 17 heavy (non-hydrogen) atoms. The molecule has 1 amide bonds. The second kappa shape index (κ2) is 8.09. The van der Waals surface area contributed by atoms with E-state index in [9.17, 15) is 4.79 Å². The second-order valence-electron chi connectivity index (χ2n) is 3.70. The summed E-state index contributed by atoms with van der Waals surface area (Å²) in [6.45, 7) is 6.34. The Morgan fingerprint density at radius 2 is 1.71 bits per heavy atom. The molecular weight excluding hydrogens is 236 g/mol. The number of benzene rings is 1. The Bertz CT molecular complexity index is 334. The zero-order valence-corrected chi connectivity index (χ0v) is 11.5. The van der Waals surface area contributed by atoms with Gasteiger partial charge in [0.1, 0.15) is 0 Å². The Labute approximate surface area is 110 Å². The highest BCUT2D eigenvalue weighted by Crippen LogP contribution is 2.07. The van der Waals surface area contributed by atoms with Gasteiger partial charge in [0, 0.05) is 25.2 Å². The summed E-state index contributed by atoms with van der Waals surface area (Å²) in [5.41, 5.74) is 1.96. The monoisotopic (exact) mass is 256 g/mol. The van der Waals surface area contributed by atoms with Crippen LogP contribution in [0.1, 0.15) is 29.8 Å². The fourth-order valence-corrected chi connectivity index (χ4v) is 1.66. The molecule has 96 valence electrons. The summed E-state index contributed by atoms with van der Waals surface area (Å²) in [5, 5.41) is 3.08. The quantitative estimate of drug-likeness (QED) is 0.877. The Hall–Kier alpha value is -1.06. The minimum absolute atomic E-state index is 0. The molecule has 0 aliphatic rings. The van der Waals surface area contributed by atoms with E-state index in [1.54, 1.807) is 0 Å². The lowest BCUT2D eigenvalue weighted by molar-refractivity contribution is 0.0773. The first-order chi connectivity index (χ1) is 7.72. The highest BCUT2D eigenvalue weighted by molar-refractivity contribution is 5.94. The van der Waals surface area contributed by atoms with Crippen LogP contribution in [-0.2, 0) is 6.54 Å². The van der Waals surface area contributed by atoms with E-state index < -0.39 is 0 Å². The third kappa shape index (κ3) is 4.36. The van der Waals surface area contributed by atoms with Gasteiger partial charge < -0.3 is 10.2 Å². The molecule has 1 aromatic carbocycles. The number of carbonyl (C=O) groups excluding carboxylic acids is 1. The van der Waals surface area contributed by atoms with Crippen LogP contribution in [0.4, 0.5) is 0 Å². The van der Waals surface area contributed by atoms with Crippen molar-refractivity contribution in [2.75, 3.05) is 20.1 Å². The molecule has 0 spiro atoms. The molecule has 1 rings (SSSR count). The third-order valence-corrected chi connectivity index (χ3v) is 2.63. The summed E-state index contributed by atoms with van der Waals surface area (Å²) in [6.07, 6.45) is 0. The molecule has 0 heterocycles. The Balaban J connectivity index is 0.00000256. The summed E-state index contributed by atoms with van der Waals surface area (Å²) in [4.78, 5) is 13.8. The van der Waals surface area contributed by atoms with Crippen LogP contribution in [0.15, 0.2) is 24.3 Å². The maximum atomic E-state index is 12.0. The first-order valence-electron chi connectivity index (χ1n) is 5.75. The van der Waals surface area contributed by atoms with Gasteiger partial charge in [0.25, 0.3) is 5.91 Å². The molecule has 0 fully saturated rings. The molecule has 0 bridgehead atoms. The van der Waals surface area contributed by atoms with Crippen LogP contribution in [0, 0.1) is 0 Å². The zero-order valence-electron chi connectivity index (χ0n) is 10.7. The van der Waals surface area contributed by atoms with E-state index in [4.69, 9.17) is 0 Å². The van der Waals surface area contributed by atoms with Crippen LogP contribution < -0.4 is 5.32 Å². The maximum absolute atomic E-state index is 12.0. The van der Waals surface area contributed by atoms with Gasteiger partial charge in [0.15, 0.2) is 0 Å². The summed E-state index contributed by atoms with van der Waals surface area (Å²) >= 11 is 0. The molecule has 1 aromatic rings. The first kappa shape index (κ1) is 15.9. The SMILES string of the molecule is CCN(CC)C(=O)c1ccc(CNC)cc1.Cl. The van der Waals surface area contributed by atoms with Gasteiger partial charge in [0.2, 0.25) is 0 Å². The molecule has 0 aliphatic carbocycles. The van der Waals surface area contributed by atoms with E-state index in [2.05, 4.69) is 5.32 Å². The van der Waals surface area contributed by atoms with Gasteiger partial charge in [-0.1, -0.05) is 12.1 Å². The average Bonchev–Trinajstić information content (AvgIpc) is 2.32. The fraction of sp³-hybridized carbons (Fsp3) is 0.462. The van der Waals surface area contributed by atoms with Gasteiger partial charge in [0.05, 0.1) is 0 Å². The van der Waals surface area contributed by atoms with Crippen LogP contribution in [0.25, 0.3) is 0 Å². The first-order valence-corrected chi connectivity index (χ1v) is 5.75. The summed E-state index contributed by atoms with van der Waals surface area (Å²) in [5.74, 6) is 0.112. The van der Waals surface area contributed by atoms with Gasteiger partial charge in [-0.3, -0.25) is 4.79 Å². The van der Waals surface area contributed by atoms with Crippen molar-refractivity contribution in [3.05, 3.63) is 35.4 Å². The maximum Gasteiger partial charge on any atom is 0.253 e. The second-order valence-corrected chi connectivity index (χ2v) is 3.70. The highest BCUT2D eigenvalue weighted by Gasteiger charge is 2.11. The minimum atomic E-state index is 0. The van der Waals surface area contributed by atoms with Crippen molar-refractivity contribution in [1.82, 2.24) is 10.2 Å². The van der Waals surface area contributed by atoms with E-state index >= 15 is 0 Å². The average molecular weight is 257 g/mol. The lowest BCUT2D eigenvalue weighted by Gasteiger charge is -2.18. The number of rotatable bonds is 5. The van der Waals surface area contributed by atoms with Gasteiger partial charge in [-0.25, -0.2) is 0 Å². The van der Waals surface area contributed by atoms with Gasteiger partial charge in [-0.05, 0) is 38.6 Å². The third-order valence-electron chi connectivity index (χ3n) is 2.63. The summed E-state index contributed by atoms with van der Waals surface area (Å²) in [6, 6.07) is 7.78. The van der Waals surface area contributed by atoms with Gasteiger partial charge >= 0.3 is 0 Å². The van der Waals surface area contributed by atoms with E-state index in [-0.39, 0.29) is 18.3 Å². The van der Waals surface area contributed by atoms with Crippen molar-refractivity contribution >= 4 is 18.3 Å². The number of nitrogens with one attached hydrogen (secondary N) is 1. The highest BCUT2D eigenvalue weighted by atomic mass is 35.5. The normalized spacial score (nSPS) is 9.59. The number of hydrogen-bond donors (Lipinski definition) is 1. The van der Waals surface area contributed by atoms with Crippen molar-refractivity contribution in [2.45, 2.75) is 20.4 Å². The van der Waals surface area contributed by atoms with E-state index in [1.807, 2.05) is 50.1 Å². The van der Waals surface area contributed by atoms with Crippen molar-refractivity contribution in [2.24, 2.45) is 0 Å². The lowest BCUT2D eigenvalue weighted by atomic mass is 10.1. The smallest absolute Gasteiger partial charge is 0.253 e. The molecule has 0 aromatic heterocycles. The molecular formula is C13H21ClN2O. The van der Waals surface area contributed by atoms with Crippen molar-refractivity contribution in [1.29, 1.82) is 0 Å². The molecule has 0 saturated heterocycles. The molecule has 1 N–H and O–H groups in total. The molecule has 3 nitrogen and oxygen atoms in total. The molecule has 0 aliphatic heterocycles. The molecule has 0 atom stereocenters. The number of hydrogen-bond acceptors (Lipinski definition) is 2. The van der Waals surface area contributed by atoms with Crippen molar-refractivity contribution < 1.29 is 4.79 Å². The van der Waals surface area contributed by atoms with Crippen LogP contribution in [0.5, 0.6) is 0 Å². The number of halogens is 1. The van der Waals surface area contributed by atoms with E-state index in [0.29, 0.717) is 0 Å². The minimum Gasteiger partial charge on any atom is -0.339 e. The van der Waals surface area contributed by atoms with Crippen LogP contribution in [-0.4, -0.2) is 30.9 Å². The van der Waals surface area contributed by atoms with Gasteiger partial charge in [-0.15, -0.1) is 12.4 Å². The summed E-state index contributed by atoms with van der Waals surface area (Å²) in [7, 11) is 1.91. The molecule has 0 saturated carbocycles. The van der Waals surface area contributed by atoms with E-state index in [1.165, 1.54) is 5.56 Å². The predicted octanol–water partition coefficient (Wildman–Crippen LogP) is 2.31.